The lowest BCUT2D eigenvalue weighted by Crippen LogP contribution is -2.04. The van der Waals surface area contributed by atoms with Gasteiger partial charge in [0.2, 0.25) is 5.95 Å². The Hall–Kier alpha value is -3.21. The molecule has 25 heavy (non-hydrogen) atoms. The molecule has 0 atom stereocenters. The molecule has 3 heterocycles. The second-order valence-electron chi connectivity index (χ2n) is 6.14. The predicted molar refractivity (Wildman–Crippen MR) is 98.6 cm³/mol. The van der Waals surface area contributed by atoms with E-state index in [4.69, 9.17) is 4.98 Å². The van der Waals surface area contributed by atoms with Crippen LogP contribution < -0.4 is 0 Å². The summed E-state index contributed by atoms with van der Waals surface area (Å²) in [5.41, 5.74) is 5.93. The number of H-pyrrole nitrogens is 1. The number of aromatic nitrogens is 5. The van der Waals surface area contributed by atoms with Crippen LogP contribution in [0.2, 0.25) is 0 Å². The van der Waals surface area contributed by atoms with Crippen LogP contribution in [0.5, 0.6) is 0 Å². The largest absolute Gasteiger partial charge is 0.340 e. The highest BCUT2D eigenvalue weighted by Crippen LogP contribution is 2.26. The maximum absolute atomic E-state index is 4.82. The number of imidazole rings is 1. The monoisotopic (exact) mass is 329 g/mol. The number of nitrogens with one attached hydrogen (secondary N) is 1. The second-order valence-corrected chi connectivity index (χ2v) is 6.14. The Bertz CT molecular complexity index is 1010. The van der Waals surface area contributed by atoms with E-state index in [9.17, 15) is 0 Å². The van der Waals surface area contributed by atoms with Gasteiger partial charge in [-0.2, -0.15) is 0 Å². The minimum atomic E-state index is 0.660. The fourth-order valence-electron chi connectivity index (χ4n) is 3.02. The SMILES string of the molecule is Cc1cc(C)nc(-n2cccc2-c2nc(-c3ccccc3)c(C)[nH]2)n1. The van der Waals surface area contributed by atoms with Crippen molar-refractivity contribution >= 4 is 0 Å². The minimum absolute atomic E-state index is 0.660. The minimum Gasteiger partial charge on any atom is -0.340 e. The van der Waals surface area contributed by atoms with Gasteiger partial charge < -0.3 is 4.98 Å². The molecule has 5 heteroatoms. The fraction of sp³-hybridized carbons (Fsp3) is 0.150. The molecule has 0 saturated carbocycles. The lowest BCUT2D eigenvalue weighted by atomic mass is 10.1. The maximum Gasteiger partial charge on any atom is 0.234 e. The van der Waals surface area contributed by atoms with Crippen molar-refractivity contribution in [1.82, 2.24) is 24.5 Å². The molecule has 124 valence electrons. The quantitative estimate of drug-likeness (QED) is 0.611. The summed E-state index contributed by atoms with van der Waals surface area (Å²) < 4.78 is 1.97. The van der Waals surface area contributed by atoms with E-state index in [0.717, 1.165) is 39.9 Å². The molecule has 0 aliphatic carbocycles. The first kappa shape index (κ1) is 15.3. The molecule has 4 rings (SSSR count). The van der Waals surface area contributed by atoms with Gasteiger partial charge >= 0.3 is 0 Å². The van der Waals surface area contributed by atoms with Crippen LogP contribution in [0.1, 0.15) is 17.1 Å². The van der Waals surface area contributed by atoms with E-state index in [1.165, 1.54) is 0 Å². The van der Waals surface area contributed by atoms with Crippen molar-refractivity contribution in [3.63, 3.8) is 0 Å². The van der Waals surface area contributed by atoms with Gasteiger partial charge in [-0.15, -0.1) is 0 Å². The zero-order valence-electron chi connectivity index (χ0n) is 14.5. The third-order valence-corrected chi connectivity index (χ3v) is 4.11. The molecule has 1 aromatic carbocycles. The number of hydrogen-bond acceptors (Lipinski definition) is 3. The molecule has 0 bridgehead atoms. The molecule has 0 fully saturated rings. The first-order valence-corrected chi connectivity index (χ1v) is 8.24. The van der Waals surface area contributed by atoms with Crippen molar-refractivity contribution in [2.75, 3.05) is 0 Å². The molecule has 0 radical (unpaired) electrons. The summed E-state index contributed by atoms with van der Waals surface area (Å²) in [7, 11) is 0. The highest BCUT2D eigenvalue weighted by Gasteiger charge is 2.15. The molecule has 1 N–H and O–H groups in total. The van der Waals surface area contributed by atoms with E-state index < -0.39 is 0 Å². The molecular weight excluding hydrogens is 310 g/mol. The summed E-state index contributed by atoms with van der Waals surface area (Å²) in [5, 5.41) is 0. The fourth-order valence-corrected chi connectivity index (χ4v) is 3.02. The van der Waals surface area contributed by atoms with Gasteiger partial charge in [0, 0.05) is 28.8 Å². The van der Waals surface area contributed by atoms with E-state index in [1.54, 1.807) is 0 Å². The maximum atomic E-state index is 4.82. The Morgan fingerprint density at radius 3 is 2.28 bits per heavy atom. The Balaban J connectivity index is 1.81. The van der Waals surface area contributed by atoms with Gasteiger partial charge in [0.05, 0.1) is 11.4 Å². The lowest BCUT2D eigenvalue weighted by molar-refractivity contribution is 0.900. The predicted octanol–water partition coefficient (Wildman–Crippen LogP) is 4.25. The summed E-state index contributed by atoms with van der Waals surface area (Å²) in [5.74, 6) is 1.47. The lowest BCUT2D eigenvalue weighted by Gasteiger charge is -2.07. The summed E-state index contributed by atoms with van der Waals surface area (Å²) in [6, 6.07) is 16.2. The third kappa shape index (κ3) is 2.85. The van der Waals surface area contributed by atoms with E-state index in [-0.39, 0.29) is 0 Å². The average Bonchev–Trinajstić information content (AvgIpc) is 3.21. The van der Waals surface area contributed by atoms with E-state index in [2.05, 4.69) is 27.1 Å². The van der Waals surface area contributed by atoms with Gasteiger partial charge in [0.1, 0.15) is 0 Å². The van der Waals surface area contributed by atoms with Gasteiger partial charge in [-0.25, -0.2) is 15.0 Å². The second kappa shape index (κ2) is 6.02. The summed E-state index contributed by atoms with van der Waals surface area (Å²) >= 11 is 0. The van der Waals surface area contributed by atoms with Crippen LogP contribution in [0.4, 0.5) is 0 Å². The van der Waals surface area contributed by atoms with Crippen LogP contribution in [-0.2, 0) is 0 Å². The van der Waals surface area contributed by atoms with E-state index in [1.807, 2.05) is 67.9 Å². The van der Waals surface area contributed by atoms with Gasteiger partial charge in [-0.1, -0.05) is 30.3 Å². The molecule has 0 spiro atoms. The third-order valence-electron chi connectivity index (χ3n) is 4.11. The Morgan fingerprint density at radius 2 is 1.56 bits per heavy atom. The zero-order valence-corrected chi connectivity index (χ0v) is 14.5. The summed E-state index contributed by atoms with van der Waals surface area (Å²) in [6.07, 6.45) is 1.96. The standard InChI is InChI=1S/C20H19N5/c1-13-12-14(2)22-20(21-13)25-11-7-10-17(25)19-23-15(3)18(24-19)16-8-5-4-6-9-16/h4-12H,1-3H3,(H,23,24). The van der Waals surface area contributed by atoms with Crippen LogP contribution in [0.3, 0.4) is 0 Å². The van der Waals surface area contributed by atoms with Gasteiger partial charge in [-0.3, -0.25) is 4.57 Å². The van der Waals surface area contributed by atoms with Crippen molar-refractivity contribution in [1.29, 1.82) is 0 Å². The van der Waals surface area contributed by atoms with Crippen LogP contribution in [0, 0.1) is 20.8 Å². The van der Waals surface area contributed by atoms with Gasteiger partial charge in [0.25, 0.3) is 0 Å². The van der Waals surface area contributed by atoms with Crippen molar-refractivity contribution in [3.8, 4) is 28.7 Å². The van der Waals surface area contributed by atoms with Crippen molar-refractivity contribution in [2.24, 2.45) is 0 Å². The van der Waals surface area contributed by atoms with Crippen LogP contribution in [-0.4, -0.2) is 24.5 Å². The number of aryl methyl sites for hydroxylation is 3. The molecule has 4 aromatic rings. The van der Waals surface area contributed by atoms with Gasteiger partial charge in [0.15, 0.2) is 5.82 Å². The normalized spacial score (nSPS) is 11.0. The van der Waals surface area contributed by atoms with E-state index >= 15 is 0 Å². The number of hydrogen-bond donors (Lipinski definition) is 1. The Labute approximate surface area is 146 Å². The van der Waals surface area contributed by atoms with E-state index in [0.29, 0.717) is 5.95 Å². The average molecular weight is 329 g/mol. The molecule has 5 nitrogen and oxygen atoms in total. The molecule has 0 saturated heterocycles. The molecule has 0 aliphatic heterocycles. The smallest absolute Gasteiger partial charge is 0.234 e. The topological polar surface area (TPSA) is 59.4 Å². The van der Waals surface area contributed by atoms with Crippen molar-refractivity contribution in [3.05, 3.63) is 71.8 Å². The van der Waals surface area contributed by atoms with Crippen molar-refractivity contribution in [2.45, 2.75) is 20.8 Å². The number of nitrogens with zero attached hydrogens (tertiary/aromatic N) is 4. The highest BCUT2D eigenvalue weighted by atomic mass is 15.2. The first-order chi connectivity index (χ1) is 12.1. The number of benzene rings is 1. The first-order valence-electron chi connectivity index (χ1n) is 8.24. The Kier molecular flexibility index (Phi) is 3.69. The molecule has 0 unspecified atom stereocenters. The zero-order chi connectivity index (χ0) is 17.4. The number of rotatable bonds is 3. The molecule has 0 amide bonds. The molecular formula is C20H19N5. The van der Waals surface area contributed by atoms with Crippen LogP contribution in [0.25, 0.3) is 28.7 Å². The van der Waals surface area contributed by atoms with Crippen LogP contribution in [0.15, 0.2) is 54.7 Å². The molecule has 3 aromatic heterocycles. The summed E-state index contributed by atoms with van der Waals surface area (Å²) in [6.45, 7) is 6.00. The van der Waals surface area contributed by atoms with Crippen LogP contribution >= 0.6 is 0 Å². The van der Waals surface area contributed by atoms with Gasteiger partial charge in [-0.05, 0) is 39.0 Å². The van der Waals surface area contributed by atoms with Crippen molar-refractivity contribution < 1.29 is 0 Å². The number of aromatic amines is 1. The summed E-state index contributed by atoms with van der Waals surface area (Å²) in [4.78, 5) is 17.3. The molecule has 0 aliphatic rings. The Morgan fingerprint density at radius 1 is 0.840 bits per heavy atom. The highest BCUT2D eigenvalue weighted by molar-refractivity contribution is 5.66.